The van der Waals surface area contributed by atoms with Crippen molar-refractivity contribution in [1.29, 1.82) is 0 Å². The van der Waals surface area contributed by atoms with Crippen LogP contribution in [-0.2, 0) is 11.2 Å². The lowest BCUT2D eigenvalue weighted by atomic mass is 9.87. The quantitative estimate of drug-likeness (QED) is 0.785. The van der Waals surface area contributed by atoms with E-state index in [9.17, 15) is 4.79 Å². The number of benzene rings is 1. The van der Waals surface area contributed by atoms with E-state index in [1.165, 1.54) is 11.1 Å². The van der Waals surface area contributed by atoms with Gasteiger partial charge in [0.1, 0.15) is 5.75 Å². The van der Waals surface area contributed by atoms with Crippen LogP contribution in [-0.4, -0.2) is 25.0 Å². The Morgan fingerprint density at radius 3 is 2.88 bits per heavy atom. The molecule has 0 spiro atoms. The predicted molar refractivity (Wildman–Crippen MR) is 67.1 cm³/mol. The van der Waals surface area contributed by atoms with Crippen LogP contribution in [0.3, 0.4) is 0 Å². The minimum absolute atomic E-state index is 0.124. The van der Waals surface area contributed by atoms with Crippen molar-refractivity contribution in [2.24, 2.45) is 0 Å². The molecule has 1 unspecified atom stereocenters. The highest BCUT2D eigenvalue weighted by molar-refractivity contribution is 5.73. The maximum atomic E-state index is 11.5. The number of nitrogens with zero attached hydrogens (tertiary/aromatic N) is 1. The van der Waals surface area contributed by atoms with Crippen molar-refractivity contribution in [3.8, 4) is 5.75 Å². The standard InChI is InChI=1S/C14H19NO2/c1-10(16)15(2)14-6-4-5-11-9-12(17-3)7-8-13(11)14/h7-9,14H,4-6H2,1-3H3. The van der Waals surface area contributed by atoms with Crippen molar-refractivity contribution in [1.82, 2.24) is 4.90 Å². The first-order valence-corrected chi connectivity index (χ1v) is 6.03. The second kappa shape index (κ2) is 4.78. The van der Waals surface area contributed by atoms with Gasteiger partial charge in [-0.25, -0.2) is 0 Å². The van der Waals surface area contributed by atoms with E-state index in [0.29, 0.717) is 0 Å². The highest BCUT2D eigenvalue weighted by Crippen LogP contribution is 2.35. The Morgan fingerprint density at radius 1 is 1.47 bits per heavy atom. The molecule has 1 aliphatic rings. The fourth-order valence-corrected chi connectivity index (χ4v) is 2.51. The molecule has 1 aromatic rings. The number of carbonyl (C=O) groups excluding carboxylic acids is 1. The first kappa shape index (κ1) is 12.0. The minimum atomic E-state index is 0.124. The number of hydrogen-bond donors (Lipinski definition) is 0. The van der Waals surface area contributed by atoms with E-state index in [1.807, 2.05) is 18.0 Å². The van der Waals surface area contributed by atoms with Crippen LogP contribution >= 0.6 is 0 Å². The van der Waals surface area contributed by atoms with Crippen molar-refractivity contribution in [2.45, 2.75) is 32.2 Å². The van der Waals surface area contributed by atoms with Gasteiger partial charge in [0.15, 0.2) is 0 Å². The summed E-state index contributed by atoms with van der Waals surface area (Å²) >= 11 is 0. The van der Waals surface area contributed by atoms with Crippen molar-refractivity contribution < 1.29 is 9.53 Å². The van der Waals surface area contributed by atoms with Crippen LogP contribution in [0, 0.1) is 0 Å². The van der Waals surface area contributed by atoms with Crippen LogP contribution in [0.15, 0.2) is 18.2 Å². The van der Waals surface area contributed by atoms with Gasteiger partial charge in [0, 0.05) is 14.0 Å². The summed E-state index contributed by atoms with van der Waals surface area (Å²) < 4.78 is 5.24. The molecule has 0 saturated heterocycles. The van der Waals surface area contributed by atoms with Gasteiger partial charge < -0.3 is 9.64 Å². The van der Waals surface area contributed by atoms with Gasteiger partial charge in [-0.1, -0.05) is 6.07 Å². The number of carbonyl (C=O) groups is 1. The fraction of sp³-hybridized carbons (Fsp3) is 0.500. The first-order chi connectivity index (χ1) is 8.13. The van der Waals surface area contributed by atoms with Gasteiger partial charge in [-0.3, -0.25) is 4.79 Å². The number of amides is 1. The van der Waals surface area contributed by atoms with E-state index >= 15 is 0 Å². The molecule has 0 fully saturated rings. The van der Waals surface area contributed by atoms with E-state index in [1.54, 1.807) is 14.0 Å². The minimum Gasteiger partial charge on any atom is -0.497 e. The Labute approximate surface area is 102 Å². The van der Waals surface area contributed by atoms with Crippen LogP contribution in [0.25, 0.3) is 0 Å². The van der Waals surface area contributed by atoms with Gasteiger partial charge in [0.05, 0.1) is 13.2 Å². The highest BCUT2D eigenvalue weighted by Gasteiger charge is 2.25. The SMILES string of the molecule is COc1ccc2c(c1)CCCC2N(C)C(C)=O. The second-order valence-corrected chi connectivity index (χ2v) is 4.60. The average Bonchev–Trinajstić information content (AvgIpc) is 2.36. The smallest absolute Gasteiger partial charge is 0.219 e. The fourth-order valence-electron chi connectivity index (χ4n) is 2.51. The Morgan fingerprint density at radius 2 is 2.24 bits per heavy atom. The molecule has 0 saturated carbocycles. The normalized spacial score (nSPS) is 18.4. The van der Waals surface area contributed by atoms with Gasteiger partial charge in [-0.05, 0) is 42.5 Å². The number of rotatable bonds is 2. The molecule has 0 aliphatic heterocycles. The van der Waals surface area contributed by atoms with Gasteiger partial charge in [-0.2, -0.15) is 0 Å². The molecule has 0 heterocycles. The zero-order chi connectivity index (χ0) is 12.4. The topological polar surface area (TPSA) is 29.5 Å². The molecule has 1 amide bonds. The van der Waals surface area contributed by atoms with Crippen LogP contribution in [0.5, 0.6) is 5.75 Å². The summed E-state index contributed by atoms with van der Waals surface area (Å²) in [6.07, 6.45) is 3.26. The highest BCUT2D eigenvalue weighted by atomic mass is 16.5. The molecule has 0 bridgehead atoms. The van der Waals surface area contributed by atoms with Gasteiger partial charge >= 0.3 is 0 Å². The zero-order valence-electron chi connectivity index (χ0n) is 10.7. The number of fused-ring (bicyclic) bond motifs is 1. The Hall–Kier alpha value is -1.51. The lowest BCUT2D eigenvalue weighted by Gasteiger charge is -2.32. The third-order valence-electron chi connectivity index (χ3n) is 3.60. The van der Waals surface area contributed by atoms with Crippen LogP contribution in [0.1, 0.15) is 36.9 Å². The predicted octanol–water partition coefficient (Wildman–Crippen LogP) is 2.55. The summed E-state index contributed by atoms with van der Waals surface area (Å²) in [6.45, 7) is 1.62. The Bertz CT molecular complexity index is 428. The third kappa shape index (κ3) is 2.28. The first-order valence-electron chi connectivity index (χ1n) is 6.03. The summed E-state index contributed by atoms with van der Waals surface area (Å²) in [7, 11) is 3.57. The number of methoxy groups -OCH3 is 1. The third-order valence-corrected chi connectivity index (χ3v) is 3.60. The molecule has 0 radical (unpaired) electrons. The summed E-state index contributed by atoms with van der Waals surface area (Å²) in [5.74, 6) is 1.02. The maximum Gasteiger partial charge on any atom is 0.219 e. The largest absolute Gasteiger partial charge is 0.497 e. The molecule has 1 aromatic carbocycles. The molecule has 1 aliphatic carbocycles. The Kier molecular flexibility index (Phi) is 3.36. The van der Waals surface area contributed by atoms with E-state index in [2.05, 4.69) is 12.1 Å². The van der Waals surface area contributed by atoms with E-state index in [4.69, 9.17) is 4.74 Å². The monoisotopic (exact) mass is 233 g/mol. The molecule has 3 heteroatoms. The van der Waals surface area contributed by atoms with Gasteiger partial charge in [0.25, 0.3) is 0 Å². The van der Waals surface area contributed by atoms with Crippen molar-refractivity contribution in [2.75, 3.05) is 14.2 Å². The molecule has 2 rings (SSSR count). The van der Waals surface area contributed by atoms with Gasteiger partial charge in [0.2, 0.25) is 5.91 Å². The van der Waals surface area contributed by atoms with E-state index in [0.717, 1.165) is 25.0 Å². The Balaban J connectivity index is 2.34. The van der Waals surface area contributed by atoms with E-state index < -0.39 is 0 Å². The summed E-state index contributed by atoms with van der Waals surface area (Å²) in [4.78, 5) is 13.3. The molecular weight excluding hydrogens is 214 g/mol. The molecule has 3 nitrogen and oxygen atoms in total. The second-order valence-electron chi connectivity index (χ2n) is 4.60. The number of ether oxygens (including phenoxy) is 1. The lowest BCUT2D eigenvalue weighted by Crippen LogP contribution is -2.31. The summed E-state index contributed by atoms with van der Waals surface area (Å²) in [5.41, 5.74) is 2.59. The summed E-state index contributed by atoms with van der Waals surface area (Å²) in [5, 5.41) is 0. The van der Waals surface area contributed by atoms with Crippen molar-refractivity contribution >= 4 is 5.91 Å². The molecule has 17 heavy (non-hydrogen) atoms. The molecule has 92 valence electrons. The van der Waals surface area contributed by atoms with Crippen molar-refractivity contribution in [3.05, 3.63) is 29.3 Å². The number of aryl methyl sites for hydroxylation is 1. The molecule has 0 aromatic heterocycles. The van der Waals surface area contributed by atoms with Crippen LogP contribution in [0.4, 0.5) is 0 Å². The molecular formula is C14H19NO2. The number of hydrogen-bond acceptors (Lipinski definition) is 2. The van der Waals surface area contributed by atoms with Crippen molar-refractivity contribution in [3.63, 3.8) is 0 Å². The van der Waals surface area contributed by atoms with Gasteiger partial charge in [-0.15, -0.1) is 0 Å². The zero-order valence-corrected chi connectivity index (χ0v) is 10.7. The lowest BCUT2D eigenvalue weighted by molar-refractivity contribution is -0.130. The van der Waals surface area contributed by atoms with E-state index in [-0.39, 0.29) is 11.9 Å². The van der Waals surface area contributed by atoms with Crippen LogP contribution < -0.4 is 4.74 Å². The average molecular weight is 233 g/mol. The molecule has 1 atom stereocenters. The summed E-state index contributed by atoms with van der Waals surface area (Å²) in [6, 6.07) is 6.39. The maximum absolute atomic E-state index is 11.5. The molecule has 0 N–H and O–H groups in total. The van der Waals surface area contributed by atoms with Crippen LogP contribution in [0.2, 0.25) is 0 Å².